The molecule has 5 aromatic rings. The first-order valence-electron chi connectivity index (χ1n) is 8.15. The van der Waals surface area contributed by atoms with Gasteiger partial charge < -0.3 is 8.83 Å². The van der Waals surface area contributed by atoms with Gasteiger partial charge in [0.15, 0.2) is 0 Å². The van der Waals surface area contributed by atoms with Gasteiger partial charge in [-0.1, -0.05) is 42.0 Å². The molecule has 2 aromatic heterocycles. The van der Waals surface area contributed by atoms with E-state index < -0.39 is 0 Å². The quantitative estimate of drug-likeness (QED) is 0.373. The maximum atomic E-state index is 12.0. The van der Waals surface area contributed by atoms with E-state index in [1.54, 1.807) is 0 Å². The normalized spacial score (nSPS) is 11.6. The number of furan rings is 1. The van der Waals surface area contributed by atoms with E-state index in [2.05, 4.69) is 12.1 Å². The van der Waals surface area contributed by atoms with Crippen molar-refractivity contribution >= 4 is 32.7 Å². The van der Waals surface area contributed by atoms with Crippen LogP contribution in [-0.2, 0) is 0 Å². The second-order valence-corrected chi connectivity index (χ2v) is 6.29. The molecule has 0 saturated heterocycles. The average molecular weight is 326 g/mol. The third kappa shape index (κ3) is 2.17. The van der Waals surface area contributed by atoms with Gasteiger partial charge >= 0.3 is 5.63 Å². The minimum atomic E-state index is -0.378. The summed E-state index contributed by atoms with van der Waals surface area (Å²) in [5.74, 6) is 0.676. The van der Waals surface area contributed by atoms with E-state index in [9.17, 15) is 4.79 Å². The molecular weight excluding hydrogens is 312 g/mol. The second-order valence-electron chi connectivity index (χ2n) is 6.29. The van der Waals surface area contributed by atoms with Crippen molar-refractivity contribution in [3.05, 3.63) is 82.7 Å². The Labute approximate surface area is 143 Å². The highest BCUT2D eigenvalue weighted by molar-refractivity contribution is 6.07. The molecule has 2 heterocycles. The molecule has 3 aromatic carbocycles. The smallest absolute Gasteiger partial charge is 0.336 e. The van der Waals surface area contributed by atoms with Crippen molar-refractivity contribution in [2.24, 2.45) is 0 Å². The highest BCUT2D eigenvalue weighted by Gasteiger charge is 2.14. The van der Waals surface area contributed by atoms with Gasteiger partial charge in [0, 0.05) is 22.4 Å². The van der Waals surface area contributed by atoms with E-state index in [-0.39, 0.29) is 5.63 Å². The van der Waals surface area contributed by atoms with Crippen molar-refractivity contribution in [1.82, 2.24) is 0 Å². The van der Waals surface area contributed by atoms with Gasteiger partial charge in [0.25, 0.3) is 0 Å². The molecule has 0 saturated carbocycles. The molecule has 0 bridgehead atoms. The topological polar surface area (TPSA) is 43.4 Å². The Balaban J connectivity index is 1.87. The van der Waals surface area contributed by atoms with Crippen molar-refractivity contribution in [3.8, 4) is 11.3 Å². The maximum Gasteiger partial charge on any atom is 0.336 e. The average Bonchev–Trinajstić information content (AvgIpc) is 3.06. The first-order chi connectivity index (χ1) is 12.2. The molecule has 0 spiro atoms. The fourth-order valence-corrected chi connectivity index (χ4v) is 3.41. The molecule has 0 aliphatic heterocycles. The summed E-state index contributed by atoms with van der Waals surface area (Å²) in [7, 11) is 0. The summed E-state index contributed by atoms with van der Waals surface area (Å²) in [4.78, 5) is 12.0. The van der Waals surface area contributed by atoms with E-state index in [1.807, 2.05) is 55.5 Å². The minimum Gasteiger partial charge on any atom is -0.456 e. The van der Waals surface area contributed by atoms with Crippen molar-refractivity contribution in [1.29, 1.82) is 0 Å². The number of aryl methyl sites for hydroxylation is 1. The lowest BCUT2D eigenvalue weighted by Gasteiger charge is -2.03. The van der Waals surface area contributed by atoms with Crippen LogP contribution in [0.4, 0.5) is 0 Å². The van der Waals surface area contributed by atoms with Gasteiger partial charge in [0.1, 0.15) is 16.9 Å². The van der Waals surface area contributed by atoms with Crippen LogP contribution in [0.2, 0.25) is 0 Å². The number of hydrogen-bond acceptors (Lipinski definition) is 3. The standard InChI is InChI=1S/C22H14O3/c1-13-6-8-20-16(10-13)18(12-22(23)25-20)21-11-17-15-5-3-2-4-14(15)7-9-19(17)24-21/h2-12H,1H3. The summed E-state index contributed by atoms with van der Waals surface area (Å²) >= 11 is 0. The van der Waals surface area contributed by atoms with Gasteiger partial charge in [-0.3, -0.25) is 0 Å². The summed E-state index contributed by atoms with van der Waals surface area (Å²) in [5, 5.41) is 4.22. The summed E-state index contributed by atoms with van der Waals surface area (Å²) < 4.78 is 11.4. The van der Waals surface area contributed by atoms with Crippen LogP contribution in [-0.4, -0.2) is 0 Å². The fourth-order valence-electron chi connectivity index (χ4n) is 3.41. The third-order valence-electron chi connectivity index (χ3n) is 4.59. The zero-order chi connectivity index (χ0) is 17.0. The van der Waals surface area contributed by atoms with Crippen LogP contribution in [0.25, 0.3) is 44.0 Å². The summed E-state index contributed by atoms with van der Waals surface area (Å²) in [6, 6.07) is 21.5. The molecule has 120 valence electrons. The lowest BCUT2D eigenvalue weighted by Crippen LogP contribution is -1.97. The summed E-state index contributed by atoms with van der Waals surface area (Å²) in [6.45, 7) is 2.01. The SMILES string of the molecule is Cc1ccc2oc(=O)cc(-c3cc4c(ccc5ccccc54)o3)c2c1. The lowest BCUT2D eigenvalue weighted by molar-refractivity contribution is 0.559. The molecular formula is C22H14O3. The van der Waals surface area contributed by atoms with Gasteiger partial charge in [0.05, 0.1) is 0 Å². The van der Waals surface area contributed by atoms with Crippen LogP contribution >= 0.6 is 0 Å². The van der Waals surface area contributed by atoms with Gasteiger partial charge in [-0.15, -0.1) is 0 Å². The van der Waals surface area contributed by atoms with E-state index in [4.69, 9.17) is 8.83 Å². The molecule has 0 atom stereocenters. The molecule has 0 fully saturated rings. The summed E-state index contributed by atoms with van der Waals surface area (Å²) in [5.41, 5.74) is 2.86. The Morgan fingerprint density at radius 3 is 2.44 bits per heavy atom. The van der Waals surface area contributed by atoms with Gasteiger partial charge in [-0.05, 0) is 42.0 Å². The largest absolute Gasteiger partial charge is 0.456 e. The predicted octanol–water partition coefficient (Wildman–Crippen LogP) is 5.67. The van der Waals surface area contributed by atoms with E-state index in [1.165, 1.54) is 6.07 Å². The fraction of sp³-hybridized carbons (Fsp3) is 0.0455. The number of fused-ring (bicyclic) bond motifs is 4. The van der Waals surface area contributed by atoms with Crippen molar-refractivity contribution in [2.45, 2.75) is 6.92 Å². The van der Waals surface area contributed by atoms with Crippen molar-refractivity contribution < 1.29 is 8.83 Å². The molecule has 0 amide bonds. The monoisotopic (exact) mass is 326 g/mol. The first-order valence-corrected chi connectivity index (χ1v) is 8.15. The molecule has 0 unspecified atom stereocenters. The van der Waals surface area contributed by atoms with Gasteiger partial charge in [0.2, 0.25) is 0 Å². The number of rotatable bonds is 1. The zero-order valence-electron chi connectivity index (χ0n) is 13.6. The van der Waals surface area contributed by atoms with Crippen LogP contribution in [0.3, 0.4) is 0 Å². The number of benzene rings is 3. The Bertz CT molecular complexity index is 1320. The van der Waals surface area contributed by atoms with Gasteiger partial charge in [-0.25, -0.2) is 4.79 Å². The van der Waals surface area contributed by atoms with Crippen LogP contribution in [0.15, 0.2) is 80.4 Å². The third-order valence-corrected chi connectivity index (χ3v) is 4.59. The second kappa shape index (κ2) is 5.08. The predicted molar refractivity (Wildman–Crippen MR) is 99.9 cm³/mol. The Hall–Kier alpha value is -3.33. The van der Waals surface area contributed by atoms with Crippen LogP contribution < -0.4 is 5.63 Å². The van der Waals surface area contributed by atoms with Crippen LogP contribution in [0.5, 0.6) is 0 Å². The lowest BCUT2D eigenvalue weighted by atomic mass is 10.0. The highest BCUT2D eigenvalue weighted by Crippen LogP contribution is 2.35. The molecule has 25 heavy (non-hydrogen) atoms. The molecule has 5 rings (SSSR count). The Kier molecular flexibility index (Phi) is 2.86. The Morgan fingerprint density at radius 1 is 0.720 bits per heavy atom. The molecule has 0 aliphatic rings. The van der Waals surface area contributed by atoms with E-state index >= 15 is 0 Å². The molecule has 0 N–H and O–H groups in total. The zero-order valence-corrected chi connectivity index (χ0v) is 13.6. The molecule has 3 heteroatoms. The minimum absolute atomic E-state index is 0.378. The highest BCUT2D eigenvalue weighted by atomic mass is 16.4. The Morgan fingerprint density at radius 2 is 1.52 bits per heavy atom. The number of hydrogen-bond donors (Lipinski definition) is 0. The van der Waals surface area contributed by atoms with Crippen molar-refractivity contribution in [2.75, 3.05) is 0 Å². The van der Waals surface area contributed by atoms with Crippen LogP contribution in [0, 0.1) is 6.92 Å². The molecule has 0 aliphatic carbocycles. The summed E-state index contributed by atoms with van der Waals surface area (Å²) in [6.07, 6.45) is 0. The van der Waals surface area contributed by atoms with E-state index in [0.29, 0.717) is 11.3 Å². The van der Waals surface area contributed by atoms with E-state index in [0.717, 1.165) is 38.3 Å². The van der Waals surface area contributed by atoms with Gasteiger partial charge in [-0.2, -0.15) is 0 Å². The first kappa shape index (κ1) is 14.1. The molecule has 0 radical (unpaired) electrons. The van der Waals surface area contributed by atoms with Crippen molar-refractivity contribution in [3.63, 3.8) is 0 Å². The maximum absolute atomic E-state index is 12.0. The van der Waals surface area contributed by atoms with Crippen LogP contribution in [0.1, 0.15) is 5.56 Å². The molecule has 3 nitrogen and oxygen atoms in total.